The first-order valence-corrected chi connectivity index (χ1v) is 3.39. The minimum absolute atomic E-state index is 0.0326. The van der Waals surface area contributed by atoms with E-state index in [0.717, 1.165) is 0 Å². The van der Waals surface area contributed by atoms with Crippen LogP contribution < -0.4 is 0 Å². The van der Waals surface area contributed by atoms with Crippen LogP contribution in [0, 0.1) is 0 Å². The van der Waals surface area contributed by atoms with E-state index in [9.17, 15) is 4.79 Å². The van der Waals surface area contributed by atoms with Gasteiger partial charge in [0.1, 0.15) is 5.69 Å². The zero-order valence-electron chi connectivity index (χ0n) is 5.80. The molecule has 5 heteroatoms. The fourth-order valence-corrected chi connectivity index (χ4v) is 0.867. The van der Waals surface area contributed by atoms with E-state index < -0.39 is 0 Å². The summed E-state index contributed by atoms with van der Waals surface area (Å²) in [7, 11) is 0. The summed E-state index contributed by atoms with van der Waals surface area (Å²) in [5.41, 5.74) is 0.850. The molecular weight excluding hydrogens is 168 g/mol. The second-order valence-corrected chi connectivity index (χ2v) is 2.15. The summed E-state index contributed by atoms with van der Waals surface area (Å²) in [5.74, 6) is 0. The van der Waals surface area contributed by atoms with Gasteiger partial charge in [0.15, 0.2) is 5.69 Å². The molecule has 11 heavy (non-hydrogen) atoms. The Bertz CT molecular complexity index is 302. The molecule has 1 heterocycles. The lowest BCUT2D eigenvalue weighted by Gasteiger charge is -1.84. The largest absolute Gasteiger partial charge is 0.342 e. The standard InChI is InChI=1S/C6H5ClN2O2/c1-2-4-5(8-3-10)6(7)11-9-4/h2H2,1H3. The fraction of sp³-hybridized carbons (Fsp3) is 0.333. The number of rotatable bonds is 2. The topological polar surface area (TPSA) is 55.5 Å². The van der Waals surface area contributed by atoms with Crippen molar-refractivity contribution >= 4 is 23.4 Å². The molecule has 0 fully saturated rings. The number of aryl methyl sites for hydroxylation is 1. The number of aliphatic imine (C=N–C) groups is 1. The van der Waals surface area contributed by atoms with Crippen LogP contribution in [0.15, 0.2) is 9.52 Å². The van der Waals surface area contributed by atoms with Gasteiger partial charge >= 0.3 is 0 Å². The first kappa shape index (κ1) is 7.98. The summed E-state index contributed by atoms with van der Waals surface area (Å²) >= 11 is 5.50. The predicted octanol–water partition coefficient (Wildman–Crippen LogP) is 1.86. The van der Waals surface area contributed by atoms with Gasteiger partial charge in [0.05, 0.1) is 0 Å². The lowest BCUT2D eigenvalue weighted by Crippen LogP contribution is -1.77. The molecule has 0 radical (unpaired) electrons. The van der Waals surface area contributed by atoms with Gasteiger partial charge in [-0.2, -0.15) is 4.99 Å². The first-order chi connectivity index (χ1) is 5.29. The predicted molar refractivity (Wildman–Crippen MR) is 38.7 cm³/mol. The lowest BCUT2D eigenvalue weighted by atomic mass is 10.3. The first-order valence-electron chi connectivity index (χ1n) is 3.01. The van der Waals surface area contributed by atoms with Gasteiger partial charge in [-0.05, 0) is 18.0 Å². The monoisotopic (exact) mass is 172 g/mol. The third-order valence-corrected chi connectivity index (χ3v) is 1.44. The molecule has 0 aliphatic carbocycles. The van der Waals surface area contributed by atoms with E-state index in [1.54, 1.807) is 0 Å². The third kappa shape index (κ3) is 1.48. The van der Waals surface area contributed by atoms with Crippen molar-refractivity contribution in [2.45, 2.75) is 13.3 Å². The summed E-state index contributed by atoms with van der Waals surface area (Å²) in [6.07, 6.45) is 2.00. The number of hydrogen-bond acceptors (Lipinski definition) is 4. The van der Waals surface area contributed by atoms with E-state index in [-0.39, 0.29) is 10.9 Å². The van der Waals surface area contributed by atoms with Gasteiger partial charge in [0, 0.05) is 0 Å². The maximum absolute atomic E-state index is 9.87. The fourth-order valence-electron chi connectivity index (χ4n) is 0.681. The van der Waals surface area contributed by atoms with Crippen LogP contribution in [0.2, 0.25) is 5.22 Å². The van der Waals surface area contributed by atoms with Crippen LogP contribution in [0.3, 0.4) is 0 Å². The highest BCUT2D eigenvalue weighted by Crippen LogP contribution is 2.28. The van der Waals surface area contributed by atoms with Gasteiger partial charge < -0.3 is 4.52 Å². The normalized spacial score (nSPS) is 9.27. The highest BCUT2D eigenvalue weighted by Gasteiger charge is 2.11. The highest BCUT2D eigenvalue weighted by molar-refractivity contribution is 6.31. The quantitative estimate of drug-likeness (QED) is 0.505. The Labute approximate surface area is 67.9 Å². The number of carbonyl (C=O) groups excluding carboxylic acids is 1. The van der Waals surface area contributed by atoms with Gasteiger partial charge in [0.2, 0.25) is 6.08 Å². The number of halogens is 1. The second kappa shape index (κ2) is 3.32. The van der Waals surface area contributed by atoms with Crippen LogP contribution in [-0.4, -0.2) is 11.2 Å². The number of aromatic nitrogens is 1. The minimum Gasteiger partial charge on any atom is -0.342 e. The molecule has 0 atom stereocenters. The van der Waals surface area contributed by atoms with E-state index in [0.29, 0.717) is 12.1 Å². The maximum Gasteiger partial charge on any atom is 0.252 e. The lowest BCUT2D eigenvalue weighted by molar-refractivity contribution is 0.414. The average molecular weight is 173 g/mol. The highest BCUT2D eigenvalue weighted by atomic mass is 35.5. The Kier molecular flexibility index (Phi) is 2.41. The molecule has 0 spiro atoms. The number of nitrogens with zero attached hydrogens (tertiary/aromatic N) is 2. The Morgan fingerprint density at radius 3 is 3.09 bits per heavy atom. The Hall–Kier alpha value is -1.12. The summed E-state index contributed by atoms with van der Waals surface area (Å²) < 4.78 is 4.58. The second-order valence-electron chi connectivity index (χ2n) is 1.81. The molecule has 0 aliphatic rings. The van der Waals surface area contributed by atoms with Crippen molar-refractivity contribution in [2.24, 2.45) is 4.99 Å². The molecule has 0 amide bonds. The van der Waals surface area contributed by atoms with Crippen LogP contribution in [0.1, 0.15) is 12.6 Å². The van der Waals surface area contributed by atoms with Crippen molar-refractivity contribution in [1.29, 1.82) is 0 Å². The SMILES string of the molecule is CCc1noc(Cl)c1N=C=O. The molecule has 0 aromatic carbocycles. The molecule has 1 aromatic rings. The van der Waals surface area contributed by atoms with Crippen molar-refractivity contribution in [3.8, 4) is 0 Å². The molecule has 4 nitrogen and oxygen atoms in total. The van der Waals surface area contributed by atoms with Gasteiger partial charge in [-0.25, -0.2) is 4.79 Å². The molecule has 0 bridgehead atoms. The van der Waals surface area contributed by atoms with Gasteiger partial charge in [-0.15, -0.1) is 0 Å². The van der Waals surface area contributed by atoms with Gasteiger partial charge in [0.25, 0.3) is 5.22 Å². The Balaban J connectivity index is 3.17. The van der Waals surface area contributed by atoms with Crippen molar-refractivity contribution < 1.29 is 9.32 Å². The van der Waals surface area contributed by atoms with E-state index in [1.165, 1.54) is 6.08 Å². The molecule has 0 unspecified atom stereocenters. The van der Waals surface area contributed by atoms with E-state index in [4.69, 9.17) is 11.6 Å². The van der Waals surface area contributed by atoms with E-state index >= 15 is 0 Å². The van der Waals surface area contributed by atoms with Crippen LogP contribution in [0.4, 0.5) is 5.69 Å². The number of hydrogen-bond donors (Lipinski definition) is 0. The zero-order valence-corrected chi connectivity index (χ0v) is 6.55. The molecule has 58 valence electrons. The smallest absolute Gasteiger partial charge is 0.252 e. The van der Waals surface area contributed by atoms with Crippen molar-refractivity contribution in [2.75, 3.05) is 0 Å². The minimum atomic E-state index is 0.0326. The van der Waals surface area contributed by atoms with Gasteiger partial charge in [-0.1, -0.05) is 12.1 Å². The average Bonchev–Trinajstić information content (AvgIpc) is 2.34. The van der Waals surface area contributed by atoms with Crippen LogP contribution in [0.25, 0.3) is 0 Å². The van der Waals surface area contributed by atoms with Crippen molar-refractivity contribution in [3.63, 3.8) is 0 Å². The summed E-state index contributed by atoms with van der Waals surface area (Å²) in [6.45, 7) is 1.86. The summed E-state index contributed by atoms with van der Waals surface area (Å²) in [4.78, 5) is 13.2. The zero-order chi connectivity index (χ0) is 8.27. The molecule has 0 aliphatic heterocycles. The van der Waals surface area contributed by atoms with E-state index in [1.807, 2.05) is 6.92 Å². The maximum atomic E-state index is 9.87. The van der Waals surface area contributed by atoms with Gasteiger partial charge in [-0.3, -0.25) is 0 Å². The Morgan fingerprint density at radius 2 is 2.55 bits per heavy atom. The molecule has 0 saturated heterocycles. The Morgan fingerprint density at radius 1 is 1.82 bits per heavy atom. The molecular formula is C6H5ClN2O2. The molecule has 1 rings (SSSR count). The van der Waals surface area contributed by atoms with Crippen LogP contribution in [-0.2, 0) is 11.2 Å². The summed E-state index contributed by atoms with van der Waals surface area (Å²) in [6, 6.07) is 0. The van der Waals surface area contributed by atoms with Crippen LogP contribution in [0.5, 0.6) is 0 Å². The molecule has 1 aromatic heterocycles. The summed E-state index contributed by atoms with van der Waals surface area (Å²) in [5, 5.41) is 3.61. The van der Waals surface area contributed by atoms with Crippen LogP contribution >= 0.6 is 11.6 Å². The third-order valence-electron chi connectivity index (χ3n) is 1.19. The van der Waals surface area contributed by atoms with E-state index in [2.05, 4.69) is 14.7 Å². The molecule has 0 saturated carbocycles. The molecule has 0 N–H and O–H groups in total. The van der Waals surface area contributed by atoms with Crippen molar-refractivity contribution in [3.05, 3.63) is 10.9 Å². The number of isocyanates is 1. The van der Waals surface area contributed by atoms with Crippen molar-refractivity contribution in [1.82, 2.24) is 5.16 Å².